The van der Waals surface area contributed by atoms with E-state index < -0.39 is 21.8 Å². The number of aromatic nitrogens is 1. The molecule has 1 aliphatic heterocycles. The van der Waals surface area contributed by atoms with Crippen LogP contribution in [0.2, 0.25) is 0 Å². The minimum Gasteiger partial charge on any atom is -0.384 e. The molecule has 9 heteroatoms. The second kappa shape index (κ2) is 6.19. The maximum atomic E-state index is 12.6. The van der Waals surface area contributed by atoms with Crippen LogP contribution in [0.25, 0.3) is 0 Å². The van der Waals surface area contributed by atoms with Crippen molar-refractivity contribution in [3.05, 3.63) is 18.5 Å². The molecular formula is C12H16N4O4S. The number of rotatable bonds is 5. The number of nitrogens with zero attached hydrogens (tertiary/aromatic N) is 2. The fraction of sp³-hybridized carbons (Fsp3) is 0.417. The highest BCUT2D eigenvalue weighted by atomic mass is 32.2. The van der Waals surface area contributed by atoms with Gasteiger partial charge in [0.2, 0.25) is 21.8 Å². The number of pyridine rings is 1. The highest BCUT2D eigenvalue weighted by molar-refractivity contribution is 7.89. The lowest BCUT2D eigenvalue weighted by atomic mass is 10.4. The molecular weight excluding hydrogens is 296 g/mol. The molecule has 2 N–H and O–H groups in total. The zero-order chi connectivity index (χ0) is 15.5. The molecule has 1 aliphatic rings. The Morgan fingerprint density at radius 3 is 2.62 bits per heavy atom. The van der Waals surface area contributed by atoms with Crippen molar-refractivity contribution < 1.29 is 18.0 Å². The van der Waals surface area contributed by atoms with E-state index in [1.54, 1.807) is 6.07 Å². The molecule has 1 fully saturated rings. The summed E-state index contributed by atoms with van der Waals surface area (Å²) >= 11 is 0. The molecule has 2 rings (SSSR count). The van der Waals surface area contributed by atoms with Gasteiger partial charge < -0.3 is 5.32 Å². The lowest BCUT2D eigenvalue weighted by Crippen LogP contribution is -2.53. The van der Waals surface area contributed by atoms with E-state index in [1.807, 2.05) is 6.92 Å². The summed E-state index contributed by atoms with van der Waals surface area (Å²) in [5.41, 5.74) is 0.408. The van der Waals surface area contributed by atoms with Gasteiger partial charge in [-0.1, -0.05) is 6.92 Å². The van der Waals surface area contributed by atoms with Gasteiger partial charge in [-0.2, -0.15) is 4.31 Å². The topological polar surface area (TPSA) is 108 Å². The summed E-state index contributed by atoms with van der Waals surface area (Å²) < 4.78 is 26.0. The lowest BCUT2D eigenvalue weighted by molar-refractivity contribution is -0.134. The van der Waals surface area contributed by atoms with Gasteiger partial charge in [0.15, 0.2) is 0 Å². The van der Waals surface area contributed by atoms with Gasteiger partial charge in [-0.3, -0.25) is 19.9 Å². The van der Waals surface area contributed by atoms with Crippen LogP contribution in [0, 0.1) is 0 Å². The second-order valence-electron chi connectivity index (χ2n) is 4.54. The van der Waals surface area contributed by atoms with Crippen LogP contribution in [-0.2, 0) is 19.6 Å². The van der Waals surface area contributed by atoms with Gasteiger partial charge in [0.25, 0.3) is 0 Å². The van der Waals surface area contributed by atoms with Gasteiger partial charge in [0.05, 0.1) is 18.8 Å². The molecule has 0 saturated carbocycles. The molecule has 0 atom stereocenters. The number of hydrogen-bond acceptors (Lipinski definition) is 6. The fourth-order valence-electron chi connectivity index (χ4n) is 1.91. The fourth-order valence-corrected chi connectivity index (χ4v) is 3.38. The highest BCUT2D eigenvalue weighted by Crippen LogP contribution is 2.23. The zero-order valence-electron chi connectivity index (χ0n) is 11.5. The standard InChI is InChI=1S/C12H16N4O4S/c1-2-4-14-9-3-5-13-6-10(9)21(19,20)16-7-11(17)15-12(18)8-16/h3,5-6H,2,4,7-8H2,1H3,(H,13,14)(H,15,17,18). The van der Waals surface area contributed by atoms with E-state index in [-0.39, 0.29) is 18.0 Å². The first-order valence-electron chi connectivity index (χ1n) is 6.46. The van der Waals surface area contributed by atoms with Crippen molar-refractivity contribution in [2.45, 2.75) is 18.2 Å². The third-order valence-corrected chi connectivity index (χ3v) is 4.71. The molecule has 2 heterocycles. The summed E-state index contributed by atoms with van der Waals surface area (Å²) in [6.07, 6.45) is 3.52. The van der Waals surface area contributed by atoms with Crippen LogP contribution in [0.15, 0.2) is 23.4 Å². The van der Waals surface area contributed by atoms with Crippen LogP contribution in [0.1, 0.15) is 13.3 Å². The predicted molar refractivity (Wildman–Crippen MR) is 74.9 cm³/mol. The third-order valence-electron chi connectivity index (χ3n) is 2.89. The van der Waals surface area contributed by atoms with Gasteiger partial charge in [-0.25, -0.2) is 8.42 Å². The predicted octanol–water partition coefficient (Wildman–Crippen LogP) is -0.449. The highest BCUT2D eigenvalue weighted by Gasteiger charge is 2.34. The molecule has 0 aromatic carbocycles. The van der Waals surface area contributed by atoms with Gasteiger partial charge in [-0.05, 0) is 12.5 Å². The van der Waals surface area contributed by atoms with E-state index in [4.69, 9.17) is 0 Å². The van der Waals surface area contributed by atoms with Crippen molar-refractivity contribution in [3.63, 3.8) is 0 Å². The molecule has 2 amide bonds. The number of amides is 2. The number of carbonyl (C=O) groups is 2. The van der Waals surface area contributed by atoms with Crippen LogP contribution in [0.4, 0.5) is 5.69 Å². The monoisotopic (exact) mass is 312 g/mol. The normalized spacial score (nSPS) is 16.6. The number of imide groups is 1. The van der Waals surface area contributed by atoms with Crippen molar-refractivity contribution in [1.82, 2.24) is 14.6 Å². The molecule has 1 aromatic heterocycles. The van der Waals surface area contributed by atoms with E-state index in [0.29, 0.717) is 12.2 Å². The number of nitrogens with one attached hydrogen (secondary N) is 2. The van der Waals surface area contributed by atoms with Crippen LogP contribution in [0.3, 0.4) is 0 Å². The van der Waals surface area contributed by atoms with E-state index in [2.05, 4.69) is 15.6 Å². The Bertz CT molecular complexity index is 643. The third kappa shape index (κ3) is 3.37. The van der Waals surface area contributed by atoms with Crippen LogP contribution >= 0.6 is 0 Å². The SMILES string of the molecule is CCCNc1ccncc1S(=O)(=O)N1CC(=O)NC(=O)C1. The van der Waals surface area contributed by atoms with Crippen LogP contribution < -0.4 is 10.6 Å². The number of piperazine rings is 1. The van der Waals surface area contributed by atoms with Crippen LogP contribution in [0.5, 0.6) is 0 Å². The Morgan fingerprint density at radius 2 is 2.00 bits per heavy atom. The molecule has 21 heavy (non-hydrogen) atoms. The van der Waals surface area contributed by atoms with Gasteiger partial charge in [0.1, 0.15) is 4.90 Å². The van der Waals surface area contributed by atoms with Crippen molar-refractivity contribution >= 4 is 27.5 Å². The van der Waals surface area contributed by atoms with Crippen molar-refractivity contribution in [1.29, 1.82) is 0 Å². The zero-order valence-corrected chi connectivity index (χ0v) is 12.3. The maximum Gasteiger partial charge on any atom is 0.247 e. The Labute approximate surface area is 122 Å². The summed E-state index contributed by atoms with van der Waals surface area (Å²) in [5.74, 6) is -1.27. The summed E-state index contributed by atoms with van der Waals surface area (Å²) in [5, 5.41) is 5.07. The first kappa shape index (κ1) is 15.4. The molecule has 0 aliphatic carbocycles. The van der Waals surface area contributed by atoms with E-state index in [1.165, 1.54) is 12.4 Å². The van der Waals surface area contributed by atoms with Gasteiger partial charge >= 0.3 is 0 Å². The molecule has 0 spiro atoms. The summed E-state index contributed by atoms with van der Waals surface area (Å²) in [6, 6.07) is 1.55. The smallest absolute Gasteiger partial charge is 0.247 e. The summed E-state index contributed by atoms with van der Waals surface area (Å²) in [4.78, 5) is 26.5. The number of carbonyl (C=O) groups excluding carboxylic acids is 2. The van der Waals surface area contributed by atoms with Gasteiger partial charge in [0, 0.05) is 18.9 Å². The second-order valence-corrected chi connectivity index (χ2v) is 6.45. The molecule has 1 saturated heterocycles. The average Bonchev–Trinajstić information content (AvgIpc) is 2.44. The molecule has 0 bridgehead atoms. The minimum absolute atomic E-state index is 0.0408. The Morgan fingerprint density at radius 1 is 1.33 bits per heavy atom. The summed E-state index contributed by atoms with van der Waals surface area (Å²) in [6.45, 7) is 1.80. The van der Waals surface area contributed by atoms with Crippen LogP contribution in [-0.4, -0.2) is 49.2 Å². The number of hydrogen-bond donors (Lipinski definition) is 2. The summed E-state index contributed by atoms with van der Waals surface area (Å²) in [7, 11) is -3.96. The number of sulfonamides is 1. The van der Waals surface area contributed by atoms with Crippen molar-refractivity contribution in [2.24, 2.45) is 0 Å². The maximum absolute atomic E-state index is 12.6. The molecule has 0 radical (unpaired) electrons. The van der Waals surface area contributed by atoms with Gasteiger partial charge in [-0.15, -0.1) is 0 Å². The molecule has 8 nitrogen and oxygen atoms in total. The molecule has 114 valence electrons. The lowest BCUT2D eigenvalue weighted by Gasteiger charge is -2.25. The first-order chi connectivity index (χ1) is 9.95. The Kier molecular flexibility index (Phi) is 4.53. The quantitative estimate of drug-likeness (QED) is 0.713. The van der Waals surface area contributed by atoms with E-state index in [9.17, 15) is 18.0 Å². The first-order valence-corrected chi connectivity index (χ1v) is 7.90. The van der Waals surface area contributed by atoms with Crippen molar-refractivity contribution in [3.8, 4) is 0 Å². The Hall–Kier alpha value is -2.00. The molecule has 0 unspecified atom stereocenters. The van der Waals surface area contributed by atoms with Crippen molar-refractivity contribution in [2.75, 3.05) is 25.0 Å². The molecule has 1 aromatic rings. The largest absolute Gasteiger partial charge is 0.384 e. The van der Waals surface area contributed by atoms with E-state index >= 15 is 0 Å². The minimum atomic E-state index is -3.96. The van der Waals surface area contributed by atoms with E-state index in [0.717, 1.165) is 10.7 Å². The average molecular weight is 312 g/mol. The Balaban J connectivity index is 2.35. The number of anilines is 1.